The Kier molecular flexibility index (Phi) is 6.73. The fraction of sp³-hybridized carbons (Fsp3) is 0.261. The molecule has 0 bridgehead atoms. The van der Waals surface area contributed by atoms with E-state index in [4.69, 9.17) is 0 Å². The van der Waals surface area contributed by atoms with E-state index in [0.29, 0.717) is 23.9 Å². The molecule has 1 N–H and O–H groups in total. The maximum atomic E-state index is 13.4. The summed E-state index contributed by atoms with van der Waals surface area (Å²) in [5.74, 6) is 1.13. The third kappa shape index (κ3) is 5.16. The first-order valence-corrected chi connectivity index (χ1v) is 9.67. The molecule has 1 heterocycles. The molecule has 5 heteroatoms. The Morgan fingerprint density at radius 3 is 2.36 bits per heavy atom. The summed E-state index contributed by atoms with van der Waals surface area (Å²) in [7, 11) is 0. The predicted octanol–water partition coefficient (Wildman–Crippen LogP) is 4.84. The highest BCUT2D eigenvalue weighted by Gasteiger charge is 2.20. The molecule has 0 saturated carbocycles. The fourth-order valence-electron chi connectivity index (χ4n) is 2.95. The summed E-state index contributed by atoms with van der Waals surface area (Å²) in [4.78, 5) is 24.0. The second-order valence-corrected chi connectivity index (χ2v) is 6.68. The van der Waals surface area contributed by atoms with Crippen molar-refractivity contribution in [2.75, 3.05) is 16.8 Å². The molecular weight excluding hydrogens is 348 g/mol. The van der Waals surface area contributed by atoms with Crippen molar-refractivity contribution in [3.63, 3.8) is 0 Å². The summed E-state index contributed by atoms with van der Waals surface area (Å²) < 4.78 is 0. The van der Waals surface area contributed by atoms with Crippen molar-refractivity contribution in [2.24, 2.45) is 0 Å². The summed E-state index contributed by atoms with van der Waals surface area (Å²) in [5.41, 5.74) is 2.30. The van der Waals surface area contributed by atoms with Crippen molar-refractivity contribution in [2.45, 2.75) is 33.2 Å². The minimum absolute atomic E-state index is 0.140. The summed E-state index contributed by atoms with van der Waals surface area (Å²) in [5, 5.41) is 3.29. The molecule has 1 amide bonds. The van der Waals surface area contributed by atoms with Gasteiger partial charge in [-0.05, 0) is 31.0 Å². The second kappa shape index (κ2) is 9.65. The van der Waals surface area contributed by atoms with Gasteiger partial charge in [-0.15, -0.1) is 0 Å². The highest BCUT2D eigenvalue weighted by Crippen LogP contribution is 2.20. The average Bonchev–Trinajstić information content (AvgIpc) is 2.73. The molecule has 1 aromatic heterocycles. The van der Waals surface area contributed by atoms with Crippen LogP contribution >= 0.6 is 0 Å². The quantitative estimate of drug-likeness (QED) is 0.573. The van der Waals surface area contributed by atoms with Crippen molar-refractivity contribution in [3.8, 4) is 0 Å². The van der Waals surface area contributed by atoms with Gasteiger partial charge in [-0.25, -0.2) is 9.97 Å². The van der Waals surface area contributed by atoms with E-state index in [9.17, 15) is 4.79 Å². The van der Waals surface area contributed by atoms with Crippen molar-refractivity contribution in [1.82, 2.24) is 9.97 Å². The summed E-state index contributed by atoms with van der Waals surface area (Å²) in [6.07, 6.45) is 2.15. The van der Waals surface area contributed by atoms with E-state index in [1.165, 1.54) is 0 Å². The van der Waals surface area contributed by atoms with Gasteiger partial charge in [0.1, 0.15) is 17.3 Å². The molecule has 2 aromatic carbocycles. The van der Waals surface area contributed by atoms with Crippen LogP contribution in [0.3, 0.4) is 0 Å². The van der Waals surface area contributed by atoms with Crippen LogP contribution in [0.5, 0.6) is 0 Å². The molecule has 0 aliphatic carbocycles. The number of nitrogens with one attached hydrogen (secondary N) is 1. The van der Waals surface area contributed by atoms with E-state index in [1.807, 2.05) is 67.6 Å². The lowest BCUT2D eigenvalue weighted by Crippen LogP contribution is -2.31. The number of benzene rings is 2. The number of unbranched alkanes of at least 4 members (excludes halogenated alkanes) is 1. The van der Waals surface area contributed by atoms with Crippen LogP contribution in [0, 0.1) is 6.92 Å². The number of hydrogen-bond donors (Lipinski definition) is 1. The molecule has 144 valence electrons. The van der Waals surface area contributed by atoms with Crippen LogP contribution in [0.25, 0.3) is 0 Å². The van der Waals surface area contributed by atoms with E-state index in [0.717, 1.165) is 30.6 Å². The highest BCUT2D eigenvalue weighted by molar-refractivity contribution is 6.05. The van der Waals surface area contributed by atoms with Crippen LogP contribution in [0.2, 0.25) is 0 Å². The number of amides is 1. The molecule has 5 nitrogen and oxygen atoms in total. The van der Waals surface area contributed by atoms with Crippen LogP contribution in [0.4, 0.5) is 11.5 Å². The number of aromatic nitrogens is 2. The number of rotatable bonds is 8. The number of para-hydroxylation sites is 1. The molecule has 0 saturated heterocycles. The number of nitrogens with zero attached hydrogens (tertiary/aromatic N) is 3. The molecule has 0 aliphatic heterocycles. The Hall–Kier alpha value is -3.21. The van der Waals surface area contributed by atoms with Crippen LogP contribution in [-0.4, -0.2) is 22.4 Å². The van der Waals surface area contributed by atoms with E-state index in [1.54, 1.807) is 11.0 Å². The number of carbonyl (C=O) groups excluding carboxylic acids is 1. The summed E-state index contributed by atoms with van der Waals surface area (Å²) in [6, 6.07) is 21.4. The van der Waals surface area contributed by atoms with Crippen LogP contribution < -0.4 is 10.2 Å². The predicted molar refractivity (Wildman–Crippen MR) is 114 cm³/mol. The van der Waals surface area contributed by atoms with Gasteiger partial charge in [-0.2, -0.15) is 0 Å². The standard InChI is InChI=1S/C23H26N4O/c1-3-4-15-24-22-16-21(25-18(2)26-22)23(28)27(20-13-9-6-10-14-20)17-19-11-7-5-8-12-19/h5-14,16H,3-4,15,17H2,1-2H3,(H,24,25,26). The monoisotopic (exact) mass is 374 g/mol. The first-order chi connectivity index (χ1) is 13.7. The summed E-state index contributed by atoms with van der Waals surface area (Å²) >= 11 is 0. The van der Waals surface area contributed by atoms with Gasteiger partial charge in [0.2, 0.25) is 0 Å². The molecule has 0 unspecified atom stereocenters. The first kappa shape index (κ1) is 19.5. The SMILES string of the molecule is CCCCNc1cc(C(=O)N(Cc2ccccc2)c2ccccc2)nc(C)n1. The lowest BCUT2D eigenvalue weighted by atomic mass is 10.1. The molecule has 0 fully saturated rings. The first-order valence-electron chi connectivity index (χ1n) is 9.67. The van der Waals surface area contributed by atoms with E-state index >= 15 is 0 Å². The van der Waals surface area contributed by atoms with Gasteiger partial charge in [0.25, 0.3) is 5.91 Å². The molecule has 0 aliphatic rings. The topological polar surface area (TPSA) is 58.1 Å². The fourth-order valence-corrected chi connectivity index (χ4v) is 2.95. The maximum Gasteiger partial charge on any atom is 0.277 e. The zero-order valence-electron chi connectivity index (χ0n) is 16.4. The van der Waals surface area contributed by atoms with Crippen LogP contribution in [-0.2, 0) is 6.54 Å². The minimum atomic E-state index is -0.140. The third-order valence-electron chi connectivity index (χ3n) is 4.39. The van der Waals surface area contributed by atoms with Crippen molar-refractivity contribution in [3.05, 3.63) is 83.8 Å². The molecule has 0 atom stereocenters. The largest absolute Gasteiger partial charge is 0.370 e. The van der Waals surface area contributed by atoms with Crippen LogP contribution in [0.1, 0.15) is 41.6 Å². The smallest absolute Gasteiger partial charge is 0.277 e. The van der Waals surface area contributed by atoms with Crippen LogP contribution in [0.15, 0.2) is 66.7 Å². The Bertz CT molecular complexity index is 897. The van der Waals surface area contributed by atoms with Crippen molar-refractivity contribution >= 4 is 17.4 Å². The Morgan fingerprint density at radius 1 is 1.00 bits per heavy atom. The van der Waals surface area contributed by atoms with E-state index in [-0.39, 0.29) is 5.91 Å². The van der Waals surface area contributed by atoms with Gasteiger partial charge in [-0.3, -0.25) is 4.79 Å². The van der Waals surface area contributed by atoms with E-state index < -0.39 is 0 Å². The normalized spacial score (nSPS) is 10.5. The summed E-state index contributed by atoms with van der Waals surface area (Å²) in [6.45, 7) is 5.26. The molecule has 0 radical (unpaired) electrons. The van der Waals surface area contributed by atoms with Gasteiger partial charge in [0.05, 0.1) is 6.54 Å². The highest BCUT2D eigenvalue weighted by atomic mass is 16.2. The average molecular weight is 374 g/mol. The molecule has 3 rings (SSSR count). The van der Waals surface area contributed by atoms with Gasteiger partial charge in [-0.1, -0.05) is 61.9 Å². The lowest BCUT2D eigenvalue weighted by molar-refractivity contribution is 0.0980. The zero-order chi connectivity index (χ0) is 19.8. The number of anilines is 2. The zero-order valence-corrected chi connectivity index (χ0v) is 16.4. The molecule has 0 spiro atoms. The Balaban J connectivity index is 1.90. The minimum Gasteiger partial charge on any atom is -0.370 e. The number of carbonyl (C=O) groups is 1. The van der Waals surface area contributed by atoms with Crippen molar-refractivity contribution in [1.29, 1.82) is 0 Å². The molecule has 28 heavy (non-hydrogen) atoms. The maximum absolute atomic E-state index is 13.4. The van der Waals surface area contributed by atoms with E-state index in [2.05, 4.69) is 22.2 Å². The van der Waals surface area contributed by atoms with Gasteiger partial charge in [0, 0.05) is 18.3 Å². The second-order valence-electron chi connectivity index (χ2n) is 6.68. The molecular formula is C23H26N4O. The number of aryl methyl sites for hydroxylation is 1. The van der Waals surface area contributed by atoms with Gasteiger partial charge < -0.3 is 10.2 Å². The van der Waals surface area contributed by atoms with Gasteiger partial charge >= 0.3 is 0 Å². The van der Waals surface area contributed by atoms with Crippen molar-refractivity contribution < 1.29 is 4.79 Å². The van der Waals surface area contributed by atoms with Gasteiger partial charge in [0.15, 0.2) is 0 Å². The third-order valence-corrected chi connectivity index (χ3v) is 4.39. The molecule has 3 aromatic rings. The Morgan fingerprint density at radius 2 is 1.68 bits per heavy atom. The number of hydrogen-bond acceptors (Lipinski definition) is 4. The lowest BCUT2D eigenvalue weighted by Gasteiger charge is -2.23. The Labute approximate surface area is 166 Å².